The molecule has 1 unspecified atom stereocenters. The van der Waals surface area contributed by atoms with Crippen LogP contribution in [0.3, 0.4) is 0 Å². The number of hydrogen-bond acceptors (Lipinski definition) is 4. The fourth-order valence-corrected chi connectivity index (χ4v) is 3.08. The molecule has 6 heteroatoms. The van der Waals surface area contributed by atoms with Crippen LogP contribution in [-0.4, -0.2) is 40.6 Å². The van der Waals surface area contributed by atoms with E-state index < -0.39 is 5.60 Å². The summed E-state index contributed by atoms with van der Waals surface area (Å²) in [5.74, 6) is -0.213. The summed E-state index contributed by atoms with van der Waals surface area (Å²) in [5.41, 5.74) is -0.0535. The molecule has 2 rings (SSSR count). The van der Waals surface area contributed by atoms with Crippen molar-refractivity contribution < 1.29 is 9.90 Å². The zero-order valence-corrected chi connectivity index (χ0v) is 13.5. The smallest absolute Gasteiger partial charge is 0.238 e. The molecule has 1 aliphatic heterocycles. The molecule has 1 fully saturated rings. The standard InChI is InChI=1S/C16H20ClN3O2/c1-16(2,22)14-4-3-7-20(14)10-15(21)19-13-8-12(17)6-5-11(13)9-18/h5-6,8,14,22H,3-4,7,10H2,1-2H3,(H,19,21). The van der Waals surface area contributed by atoms with Crippen molar-refractivity contribution in [2.75, 3.05) is 18.4 Å². The second kappa shape index (κ2) is 6.66. The van der Waals surface area contributed by atoms with Gasteiger partial charge in [0.15, 0.2) is 0 Å². The molecule has 0 aliphatic carbocycles. The van der Waals surface area contributed by atoms with Gasteiger partial charge in [0, 0.05) is 11.1 Å². The Labute approximate surface area is 135 Å². The summed E-state index contributed by atoms with van der Waals surface area (Å²) in [6.07, 6.45) is 1.83. The van der Waals surface area contributed by atoms with Crippen LogP contribution in [0.4, 0.5) is 5.69 Å². The predicted molar refractivity (Wildman–Crippen MR) is 85.7 cm³/mol. The Kier molecular flexibility index (Phi) is 5.07. The highest BCUT2D eigenvalue weighted by Gasteiger charge is 2.36. The van der Waals surface area contributed by atoms with Crippen molar-refractivity contribution in [1.29, 1.82) is 5.26 Å². The fourth-order valence-electron chi connectivity index (χ4n) is 2.91. The molecular weight excluding hydrogens is 302 g/mol. The number of rotatable bonds is 4. The summed E-state index contributed by atoms with van der Waals surface area (Å²) in [7, 11) is 0. The van der Waals surface area contributed by atoms with Crippen LogP contribution in [0.2, 0.25) is 5.02 Å². The Morgan fingerprint density at radius 3 is 2.95 bits per heavy atom. The van der Waals surface area contributed by atoms with E-state index in [4.69, 9.17) is 16.9 Å². The molecule has 22 heavy (non-hydrogen) atoms. The number of nitrogens with one attached hydrogen (secondary N) is 1. The number of aliphatic hydroxyl groups is 1. The molecule has 1 aromatic rings. The van der Waals surface area contributed by atoms with E-state index in [1.54, 1.807) is 32.0 Å². The number of carbonyl (C=O) groups is 1. The van der Waals surface area contributed by atoms with Crippen LogP contribution in [-0.2, 0) is 4.79 Å². The molecular formula is C16H20ClN3O2. The third-order valence-corrected chi connectivity index (χ3v) is 4.14. The van der Waals surface area contributed by atoms with Crippen LogP contribution in [0.1, 0.15) is 32.3 Å². The molecule has 0 saturated carbocycles. The third-order valence-electron chi connectivity index (χ3n) is 3.90. The number of carbonyl (C=O) groups excluding carboxylic acids is 1. The first-order valence-electron chi connectivity index (χ1n) is 7.27. The number of hydrogen-bond donors (Lipinski definition) is 2. The summed E-state index contributed by atoms with van der Waals surface area (Å²) < 4.78 is 0. The minimum atomic E-state index is -0.843. The van der Waals surface area contributed by atoms with Gasteiger partial charge in [0.2, 0.25) is 5.91 Å². The van der Waals surface area contributed by atoms with Gasteiger partial charge in [-0.25, -0.2) is 0 Å². The number of benzene rings is 1. The minimum Gasteiger partial charge on any atom is -0.389 e. The Bertz CT molecular complexity index is 604. The Balaban J connectivity index is 2.05. The monoisotopic (exact) mass is 321 g/mol. The maximum atomic E-state index is 12.2. The number of amides is 1. The number of nitrogens with zero attached hydrogens (tertiary/aromatic N) is 2. The van der Waals surface area contributed by atoms with Gasteiger partial charge >= 0.3 is 0 Å². The molecule has 2 N–H and O–H groups in total. The van der Waals surface area contributed by atoms with Crippen LogP contribution in [0.25, 0.3) is 0 Å². The highest BCUT2D eigenvalue weighted by molar-refractivity contribution is 6.31. The van der Waals surface area contributed by atoms with E-state index in [-0.39, 0.29) is 18.5 Å². The topological polar surface area (TPSA) is 76.4 Å². The minimum absolute atomic E-state index is 0.0342. The lowest BCUT2D eigenvalue weighted by molar-refractivity contribution is -0.118. The van der Waals surface area contributed by atoms with Gasteiger partial charge < -0.3 is 10.4 Å². The van der Waals surface area contributed by atoms with Crippen molar-refractivity contribution in [3.8, 4) is 6.07 Å². The Morgan fingerprint density at radius 2 is 2.32 bits per heavy atom. The Hall–Kier alpha value is -1.61. The van der Waals surface area contributed by atoms with E-state index in [9.17, 15) is 9.90 Å². The maximum Gasteiger partial charge on any atom is 0.238 e. The first-order valence-corrected chi connectivity index (χ1v) is 7.65. The van der Waals surface area contributed by atoms with Gasteiger partial charge in [0.25, 0.3) is 0 Å². The molecule has 0 spiro atoms. The van der Waals surface area contributed by atoms with Crippen molar-refractivity contribution in [2.45, 2.75) is 38.3 Å². The van der Waals surface area contributed by atoms with Crippen molar-refractivity contribution in [3.05, 3.63) is 28.8 Å². The molecule has 1 saturated heterocycles. The quantitative estimate of drug-likeness (QED) is 0.892. The van der Waals surface area contributed by atoms with Gasteiger partial charge in [-0.2, -0.15) is 5.26 Å². The predicted octanol–water partition coefficient (Wildman–Crippen LogP) is 2.39. The molecule has 0 radical (unpaired) electrons. The molecule has 0 bridgehead atoms. The average Bonchev–Trinajstić information content (AvgIpc) is 2.87. The molecule has 118 valence electrons. The SMILES string of the molecule is CC(C)(O)C1CCCN1CC(=O)Nc1cc(Cl)ccc1C#N. The van der Waals surface area contributed by atoms with Gasteiger partial charge in [-0.15, -0.1) is 0 Å². The molecule has 1 heterocycles. The first-order chi connectivity index (χ1) is 10.3. The maximum absolute atomic E-state index is 12.2. The first kappa shape index (κ1) is 16.8. The lowest BCUT2D eigenvalue weighted by Gasteiger charge is -2.33. The zero-order valence-electron chi connectivity index (χ0n) is 12.8. The van der Waals surface area contributed by atoms with Gasteiger partial charge in [0.05, 0.1) is 23.4 Å². The summed E-state index contributed by atoms with van der Waals surface area (Å²) in [6, 6.07) is 6.75. The molecule has 1 atom stereocenters. The van der Waals surface area contributed by atoms with E-state index in [0.717, 1.165) is 19.4 Å². The van der Waals surface area contributed by atoms with Gasteiger partial charge in [-0.1, -0.05) is 11.6 Å². The van der Waals surface area contributed by atoms with E-state index in [2.05, 4.69) is 5.32 Å². The van der Waals surface area contributed by atoms with E-state index >= 15 is 0 Å². The highest BCUT2D eigenvalue weighted by atomic mass is 35.5. The van der Waals surface area contributed by atoms with Crippen LogP contribution in [0, 0.1) is 11.3 Å². The van der Waals surface area contributed by atoms with Crippen molar-refractivity contribution in [2.24, 2.45) is 0 Å². The highest BCUT2D eigenvalue weighted by Crippen LogP contribution is 2.26. The van der Waals surface area contributed by atoms with Crippen molar-refractivity contribution >= 4 is 23.2 Å². The average molecular weight is 322 g/mol. The van der Waals surface area contributed by atoms with Crippen LogP contribution >= 0.6 is 11.6 Å². The van der Waals surface area contributed by atoms with E-state index in [1.807, 2.05) is 11.0 Å². The van der Waals surface area contributed by atoms with Crippen LogP contribution < -0.4 is 5.32 Å². The van der Waals surface area contributed by atoms with E-state index in [1.165, 1.54) is 0 Å². The van der Waals surface area contributed by atoms with Crippen molar-refractivity contribution in [1.82, 2.24) is 4.90 Å². The van der Waals surface area contributed by atoms with Crippen LogP contribution in [0.5, 0.6) is 0 Å². The second-order valence-corrected chi connectivity index (χ2v) is 6.57. The second-order valence-electron chi connectivity index (χ2n) is 6.13. The summed E-state index contributed by atoms with van der Waals surface area (Å²) in [4.78, 5) is 14.2. The summed E-state index contributed by atoms with van der Waals surface area (Å²) >= 11 is 5.91. The van der Waals surface area contributed by atoms with Crippen LogP contribution in [0.15, 0.2) is 18.2 Å². The number of anilines is 1. The largest absolute Gasteiger partial charge is 0.389 e. The lowest BCUT2D eigenvalue weighted by Crippen LogP contribution is -2.48. The summed E-state index contributed by atoms with van der Waals surface area (Å²) in [5, 5.41) is 22.4. The van der Waals surface area contributed by atoms with E-state index in [0.29, 0.717) is 16.3 Å². The summed E-state index contributed by atoms with van der Waals surface area (Å²) in [6.45, 7) is 4.49. The fraction of sp³-hybridized carbons (Fsp3) is 0.500. The van der Waals surface area contributed by atoms with Gasteiger partial charge in [-0.05, 0) is 51.4 Å². The third kappa shape index (κ3) is 3.98. The molecule has 1 aliphatic rings. The van der Waals surface area contributed by atoms with Crippen molar-refractivity contribution in [3.63, 3.8) is 0 Å². The molecule has 1 amide bonds. The Morgan fingerprint density at radius 1 is 1.59 bits per heavy atom. The zero-order chi connectivity index (χ0) is 16.3. The number of halogens is 1. The van der Waals surface area contributed by atoms with Gasteiger partial charge in [-0.3, -0.25) is 9.69 Å². The van der Waals surface area contributed by atoms with Gasteiger partial charge in [0.1, 0.15) is 6.07 Å². The normalized spacial score (nSPS) is 19.0. The molecule has 1 aromatic carbocycles. The number of likely N-dealkylation sites (tertiary alicyclic amines) is 1. The lowest BCUT2D eigenvalue weighted by atomic mass is 9.97. The number of nitriles is 1. The molecule has 5 nitrogen and oxygen atoms in total. The molecule has 0 aromatic heterocycles.